The molecular weight excluding hydrogens is 444 g/mol. The van der Waals surface area contributed by atoms with Crippen LogP contribution in [-0.4, -0.2) is 52.4 Å². The molecule has 0 spiro atoms. The van der Waals surface area contributed by atoms with E-state index in [1.54, 1.807) is 25.3 Å². The van der Waals surface area contributed by atoms with Crippen molar-refractivity contribution in [3.63, 3.8) is 0 Å². The lowest BCUT2D eigenvalue weighted by Crippen LogP contribution is -2.26. The Labute approximate surface area is 197 Å². The highest BCUT2D eigenvalue weighted by molar-refractivity contribution is 7.92. The summed E-state index contributed by atoms with van der Waals surface area (Å²) in [6, 6.07) is 7.20. The molecule has 0 fully saturated rings. The van der Waals surface area contributed by atoms with Gasteiger partial charge in [-0.2, -0.15) is 0 Å². The van der Waals surface area contributed by atoms with Gasteiger partial charge >= 0.3 is 0 Å². The van der Waals surface area contributed by atoms with E-state index in [0.717, 1.165) is 25.0 Å². The molecule has 2 rings (SSSR count). The van der Waals surface area contributed by atoms with Crippen LogP contribution >= 0.6 is 0 Å². The maximum absolute atomic E-state index is 12.3. The number of amides is 1. The quantitative estimate of drug-likeness (QED) is 0.493. The molecule has 0 aliphatic rings. The highest BCUT2D eigenvalue weighted by atomic mass is 32.2. The molecule has 9 nitrogen and oxygen atoms in total. The third-order valence-corrected chi connectivity index (χ3v) is 5.77. The Kier molecular flexibility index (Phi) is 11.8. The summed E-state index contributed by atoms with van der Waals surface area (Å²) in [5, 5.41) is 3.16. The number of pyridine rings is 1. The molecule has 1 heterocycles. The molecule has 0 radical (unpaired) electrons. The van der Waals surface area contributed by atoms with Gasteiger partial charge in [-0.05, 0) is 50.5 Å². The number of ether oxygens (including phenoxy) is 1. The monoisotopic (exact) mass is 480 g/mol. The maximum atomic E-state index is 12.3. The van der Waals surface area contributed by atoms with Crippen molar-refractivity contribution in [2.24, 2.45) is 0 Å². The van der Waals surface area contributed by atoms with Gasteiger partial charge < -0.3 is 10.1 Å². The molecule has 1 amide bonds. The Bertz CT molecular complexity index is 994. The largest absolute Gasteiger partial charge is 0.382 e. The van der Waals surface area contributed by atoms with Crippen LogP contribution in [0.5, 0.6) is 0 Å². The second-order valence-corrected chi connectivity index (χ2v) is 9.37. The fraction of sp³-hybridized carbons (Fsp3) is 0.478. The van der Waals surface area contributed by atoms with E-state index in [4.69, 9.17) is 9.57 Å². The molecule has 2 aromatic rings. The van der Waals surface area contributed by atoms with E-state index in [-0.39, 0.29) is 11.5 Å². The summed E-state index contributed by atoms with van der Waals surface area (Å²) in [5.41, 5.74) is 5.13. The highest BCUT2D eigenvalue weighted by Gasteiger charge is 2.19. The van der Waals surface area contributed by atoms with Crippen molar-refractivity contribution in [1.82, 2.24) is 10.5 Å². The highest BCUT2D eigenvalue weighted by Crippen LogP contribution is 2.33. The SMILES string of the molecule is CCOCC.CCONC(=O)c1cnccc1Nc1ccc(C(C)C)cc1N(C)S(C)(=O)=O. The second kappa shape index (κ2) is 13.8. The number of hydrogen-bond acceptors (Lipinski definition) is 7. The summed E-state index contributed by atoms with van der Waals surface area (Å²) in [6.45, 7) is 11.8. The number of aromatic nitrogens is 1. The Hall–Kier alpha value is -2.69. The van der Waals surface area contributed by atoms with Crippen LogP contribution in [0.15, 0.2) is 36.7 Å². The van der Waals surface area contributed by atoms with Gasteiger partial charge in [0, 0.05) is 32.7 Å². The number of rotatable bonds is 10. The molecule has 0 aliphatic heterocycles. The number of hydrogen-bond donors (Lipinski definition) is 2. The van der Waals surface area contributed by atoms with Crippen LogP contribution in [0.1, 0.15) is 56.5 Å². The molecule has 184 valence electrons. The predicted molar refractivity (Wildman–Crippen MR) is 133 cm³/mol. The van der Waals surface area contributed by atoms with Crippen molar-refractivity contribution in [1.29, 1.82) is 0 Å². The summed E-state index contributed by atoms with van der Waals surface area (Å²) >= 11 is 0. The standard InChI is InChI=1S/C19H26N4O4S.C4H10O/c1-6-27-22-19(24)15-12-20-10-9-16(15)21-17-8-7-14(13(2)3)11-18(17)23(4)28(5,25)26;1-3-5-4-2/h7-13H,6H2,1-5H3,(H,20,21)(H,22,24);3-4H2,1-2H3. The zero-order valence-corrected chi connectivity index (χ0v) is 21.3. The summed E-state index contributed by atoms with van der Waals surface area (Å²) in [6.07, 6.45) is 4.10. The van der Waals surface area contributed by atoms with Crippen molar-refractivity contribution in [3.05, 3.63) is 47.8 Å². The van der Waals surface area contributed by atoms with Crippen molar-refractivity contribution >= 4 is 33.0 Å². The van der Waals surface area contributed by atoms with Crippen LogP contribution in [0.3, 0.4) is 0 Å². The normalized spacial score (nSPS) is 10.9. The molecular formula is C23H36N4O5S. The van der Waals surface area contributed by atoms with Crippen LogP contribution in [0.2, 0.25) is 0 Å². The molecule has 0 saturated carbocycles. The minimum atomic E-state index is -3.47. The summed E-state index contributed by atoms with van der Waals surface area (Å²) in [7, 11) is -1.97. The van der Waals surface area contributed by atoms with Gasteiger partial charge in [0.1, 0.15) is 0 Å². The maximum Gasteiger partial charge on any atom is 0.278 e. The van der Waals surface area contributed by atoms with Gasteiger partial charge in [-0.3, -0.25) is 18.9 Å². The number of sulfonamides is 1. The molecule has 0 saturated heterocycles. The fourth-order valence-corrected chi connectivity index (χ4v) is 3.19. The molecule has 1 aromatic carbocycles. The lowest BCUT2D eigenvalue weighted by molar-refractivity contribution is 0.0365. The van der Waals surface area contributed by atoms with Gasteiger partial charge in [0.15, 0.2) is 0 Å². The van der Waals surface area contributed by atoms with Crippen LogP contribution in [0.4, 0.5) is 17.1 Å². The molecule has 33 heavy (non-hydrogen) atoms. The molecule has 0 unspecified atom stereocenters. The van der Waals surface area contributed by atoms with Gasteiger partial charge in [-0.1, -0.05) is 19.9 Å². The van der Waals surface area contributed by atoms with E-state index in [9.17, 15) is 13.2 Å². The number of nitrogens with zero attached hydrogens (tertiary/aromatic N) is 2. The number of benzene rings is 1. The van der Waals surface area contributed by atoms with E-state index in [0.29, 0.717) is 23.7 Å². The average Bonchev–Trinajstić information content (AvgIpc) is 2.77. The third kappa shape index (κ3) is 8.99. The van der Waals surface area contributed by atoms with E-state index < -0.39 is 15.9 Å². The van der Waals surface area contributed by atoms with Gasteiger partial charge in [0.05, 0.1) is 35.5 Å². The fourth-order valence-electron chi connectivity index (χ4n) is 2.68. The minimum Gasteiger partial charge on any atom is -0.382 e. The average molecular weight is 481 g/mol. The van der Waals surface area contributed by atoms with E-state index in [2.05, 4.69) is 15.8 Å². The first-order valence-corrected chi connectivity index (χ1v) is 12.7. The summed E-state index contributed by atoms with van der Waals surface area (Å²) < 4.78 is 30.3. The predicted octanol–water partition coefficient (Wildman–Crippen LogP) is 4.07. The van der Waals surface area contributed by atoms with Crippen LogP contribution in [0.25, 0.3) is 0 Å². The van der Waals surface area contributed by atoms with E-state index in [1.807, 2.05) is 39.8 Å². The Morgan fingerprint density at radius 3 is 2.27 bits per heavy atom. The summed E-state index contributed by atoms with van der Waals surface area (Å²) in [4.78, 5) is 21.3. The smallest absolute Gasteiger partial charge is 0.278 e. The number of hydroxylamine groups is 1. The number of carbonyl (C=O) groups is 1. The lowest BCUT2D eigenvalue weighted by atomic mass is 10.0. The molecule has 0 atom stereocenters. The van der Waals surface area contributed by atoms with E-state index >= 15 is 0 Å². The zero-order chi connectivity index (χ0) is 25.0. The Morgan fingerprint density at radius 2 is 1.76 bits per heavy atom. The van der Waals surface area contributed by atoms with Crippen molar-refractivity contribution in [2.75, 3.05) is 42.7 Å². The molecule has 0 bridgehead atoms. The zero-order valence-electron chi connectivity index (χ0n) is 20.5. The van der Waals surface area contributed by atoms with Gasteiger partial charge in [0.25, 0.3) is 5.91 Å². The van der Waals surface area contributed by atoms with Gasteiger partial charge in [0.2, 0.25) is 10.0 Å². The second-order valence-electron chi connectivity index (χ2n) is 7.35. The number of anilines is 3. The number of carbonyl (C=O) groups excluding carboxylic acids is 1. The Morgan fingerprint density at radius 1 is 1.09 bits per heavy atom. The van der Waals surface area contributed by atoms with E-state index in [1.165, 1.54) is 17.5 Å². The summed E-state index contributed by atoms with van der Waals surface area (Å²) in [5.74, 6) is -0.219. The van der Waals surface area contributed by atoms with Crippen LogP contribution < -0.4 is 15.1 Å². The topological polar surface area (TPSA) is 110 Å². The van der Waals surface area contributed by atoms with Crippen LogP contribution in [0, 0.1) is 0 Å². The minimum absolute atomic E-state index is 0.231. The molecule has 10 heteroatoms. The lowest BCUT2D eigenvalue weighted by Gasteiger charge is -2.23. The first-order chi connectivity index (χ1) is 15.6. The van der Waals surface area contributed by atoms with Gasteiger partial charge in [-0.15, -0.1) is 0 Å². The first-order valence-electron chi connectivity index (χ1n) is 10.8. The van der Waals surface area contributed by atoms with Gasteiger partial charge in [-0.25, -0.2) is 13.9 Å². The number of nitrogens with one attached hydrogen (secondary N) is 2. The van der Waals surface area contributed by atoms with Crippen LogP contribution in [-0.2, 0) is 19.6 Å². The molecule has 0 aliphatic carbocycles. The molecule has 1 aromatic heterocycles. The molecule has 2 N–H and O–H groups in total. The van der Waals surface area contributed by atoms with Crippen molar-refractivity contribution in [2.45, 2.75) is 40.5 Å². The third-order valence-electron chi connectivity index (χ3n) is 4.58. The van der Waals surface area contributed by atoms with Crippen molar-refractivity contribution < 1.29 is 22.8 Å². The van der Waals surface area contributed by atoms with Crippen molar-refractivity contribution in [3.8, 4) is 0 Å². The first kappa shape index (κ1) is 28.3. The Balaban J connectivity index is 0.000000981.